The standard InChI is InChI=1S/C16H31N5O3.HI/c1-5-17-15(18-10-7-14(22)20(3)4)19-13-8-11-21(12-9-13)16(23)24-6-2;/h13H,5-12H2,1-4H3,(H2,17,18,19);1H. The van der Waals surface area contributed by atoms with Crippen molar-refractivity contribution < 1.29 is 14.3 Å². The summed E-state index contributed by atoms with van der Waals surface area (Å²) in [5.74, 6) is 0.788. The highest BCUT2D eigenvalue weighted by Crippen LogP contribution is 2.11. The van der Waals surface area contributed by atoms with Gasteiger partial charge in [0.1, 0.15) is 0 Å². The molecule has 1 fully saturated rings. The molecule has 0 bridgehead atoms. The first-order valence-corrected chi connectivity index (χ1v) is 8.64. The average Bonchev–Trinajstić information content (AvgIpc) is 2.55. The number of hydrogen-bond acceptors (Lipinski definition) is 4. The van der Waals surface area contributed by atoms with Gasteiger partial charge in [-0.15, -0.1) is 24.0 Å². The van der Waals surface area contributed by atoms with E-state index in [2.05, 4.69) is 15.6 Å². The zero-order chi connectivity index (χ0) is 17.9. The summed E-state index contributed by atoms with van der Waals surface area (Å²) in [6.07, 6.45) is 1.85. The third kappa shape index (κ3) is 9.13. The second-order valence-corrected chi connectivity index (χ2v) is 5.90. The molecule has 0 atom stereocenters. The summed E-state index contributed by atoms with van der Waals surface area (Å²) in [5, 5.41) is 6.58. The smallest absolute Gasteiger partial charge is 0.409 e. The van der Waals surface area contributed by atoms with Gasteiger partial charge in [-0.3, -0.25) is 9.79 Å². The minimum absolute atomic E-state index is 0. The number of ether oxygens (including phenoxy) is 1. The van der Waals surface area contributed by atoms with Crippen LogP contribution in [0, 0.1) is 0 Å². The Morgan fingerprint density at radius 3 is 2.40 bits per heavy atom. The van der Waals surface area contributed by atoms with Gasteiger partial charge in [0.15, 0.2) is 5.96 Å². The molecule has 25 heavy (non-hydrogen) atoms. The van der Waals surface area contributed by atoms with Crippen LogP contribution in [-0.4, -0.2) is 80.7 Å². The summed E-state index contributed by atoms with van der Waals surface area (Å²) in [6, 6.07) is 0.262. The topological polar surface area (TPSA) is 86.3 Å². The van der Waals surface area contributed by atoms with Crippen LogP contribution in [-0.2, 0) is 9.53 Å². The number of carbonyl (C=O) groups is 2. The van der Waals surface area contributed by atoms with Crippen molar-refractivity contribution in [3.05, 3.63) is 0 Å². The Hall–Kier alpha value is -1.26. The maximum atomic E-state index is 11.7. The number of rotatable bonds is 6. The molecule has 9 heteroatoms. The van der Waals surface area contributed by atoms with Crippen molar-refractivity contribution in [2.45, 2.75) is 39.2 Å². The van der Waals surface area contributed by atoms with Gasteiger partial charge in [0, 0.05) is 46.2 Å². The van der Waals surface area contributed by atoms with Gasteiger partial charge in [0.25, 0.3) is 0 Å². The number of piperidine rings is 1. The second kappa shape index (κ2) is 13.0. The molecule has 0 aromatic heterocycles. The molecule has 1 heterocycles. The summed E-state index contributed by atoms with van der Waals surface area (Å²) < 4.78 is 5.03. The highest BCUT2D eigenvalue weighted by molar-refractivity contribution is 14.0. The van der Waals surface area contributed by atoms with Crippen molar-refractivity contribution in [2.75, 3.05) is 46.9 Å². The molecule has 2 amide bonds. The van der Waals surface area contributed by atoms with Crippen molar-refractivity contribution in [3.8, 4) is 0 Å². The number of guanidine groups is 1. The Bertz CT molecular complexity index is 437. The Labute approximate surface area is 167 Å². The van der Waals surface area contributed by atoms with Crippen molar-refractivity contribution in [2.24, 2.45) is 4.99 Å². The summed E-state index contributed by atoms with van der Waals surface area (Å²) in [5.41, 5.74) is 0. The van der Waals surface area contributed by atoms with E-state index in [1.165, 1.54) is 0 Å². The normalized spacial score (nSPS) is 15.2. The minimum atomic E-state index is -0.237. The SMILES string of the molecule is CCNC(=NCCC(=O)N(C)C)NC1CCN(C(=O)OCC)CC1.I. The highest BCUT2D eigenvalue weighted by atomic mass is 127. The number of carbonyl (C=O) groups excluding carboxylic acids is 2. The molecule has 2 N–H and O–H groups in total. The molecule has 0 aliphatic carbocycles. The van der Waals surface area contributed by atoms with E-state index in [1.807, 2.05) is 13.8 Å². The molecule has 0 aromatic carbocycles. The molecule has 8 nitrogen and oxygen atoms in total. The van der Waals surface area contributed by atoms with E-state index in [0.717, 1.165) is 25.3 Å². The van der Waals surface area contributed by atoms with Crippen LogP contribution in [0.4, 0.5) is 4.79 Å². The first-order chi connectivity index (χ1) is 11.5. The maximum absolute atomic E-state index is 11.7. The van der Waals surface area contributed by atoms with E-state index >= 15 is 0 Å². The van der Waals surface area contributed by atoms with Crippen LogP contribution in [0.1, 0.15) is 33.1 Å². The zero-order valence-electron chi connectivity index (χ0n) is 15.7. The highest BCUT2D eigenvalue weighted by Gasteiger charge is 2.24. The number of amides is 2. The van der Waals surface area contributed by atoms with E-state index in [0.29, 0.717) is 32.7 Å². The van der Waals surface area contributed by atoms with E-state index in [1.54, 1.807) is 23.9 Å². The van der Waals surface area contributed by atoms with Crippen LogP contribution >= 0.6 is 24.0 Å². The van der Waals surface area contributed by atoms with Crippen molar-refractivity contribution >= 4 is 41.9 Å². The molecule has 0 spiro atoms. The lowest BCUT2D eigenvalue weighted by Crippen LogP contribution is -2.50. The third-order valence-electron chi connectivity index (χ3n) is 3.80. The molecular formula is C16H32IN5O3. The predicted molar refractivity (Wildman–Crippen MR) is 109 cm³/mol. The molecule has 0 unspecified atom stereocenters. The van der Waals surface area contributed by atoms with Crippen LogP contribution in [0.25, 0.3) is 0 Å². The maximum Gasteiger partial charge on any atom is 0.409 e. The van der Waals surface area contributed by atoms with Gasteiger partial charge in [0.2, 0.25) is 5.91 Å². The van der Waals surface area contributed by atoms with E-state index in [4.69, 9.17) is 4.74 Å². The summed E-state index contributed by atoms with van der Waals surface area (Å²) >= 11 is 0. The van der Waals surface area contributed by atoms with E-state index in [-0.39, 0.29) is 42.0 Å². The van der Waals surface area contributed by atoms with Gasteiger partial charge in [0.05, 0.1) is 13.2 Å². The van der Waals surface area contributed by atoms with Crippen LogP contribution < -0.4 is 10.6 Å². The van der Waals surface area contributed by atoms with Gasteiger partial charge >= 0.3 is 6.09 Å². The lowest BCUT2D eigenvalue weighted by atomic mass is 10.1. The molecule has 1 aliphatic rings. The monoisotopic (exact) mass is 469 g/mol. The molecule has 1 saturated heterocycles. The molecule has 0 aromatic rings. The first-order valence-electron chi connectivity index (χ1n) is 8.64. The number of halogens is 1. The lowest BCUT2D eigenvalue weighted by Gasteiger charge is -2.32. The summed E-state index contributed by atoms with van der Waals surface area (Å²) in [6.45, 7) is 6.78. The Kier molecular flexibility index (Phi) is 12.4. The lowest BCUT2D eigenvalue weighted by molar-refractivity contribution is -0.128. The number of nitrogens with one attached hydrogen (secondary N) is 2. The van der Waals surface area contributed by atoms with Gasteiger partial charge in [-0.1, -0.05) is 0 Å². The van der Waals surface area contributed by atoms with Crippen LogP contribution in [0.5, 0.6) is 0 Å². The number of aliphatic imine (C=N–C) groups is 1. The van der Waals surface area contributed by atoms with Crippen molar-refractivity contribution in [3.63, 3.8) is 0 Å². The van der Waals surface area contributed by atoms with Gasteiger partial charge in [-0.25, -0.2) is 4.79 Å². The molecule has 0 radical (unpaired) electrons. The van der Waals surface area contributed by atoms with Crippen molar-refractivity contribution in [1.29, 1.82) is 0 Å². The van der Waals surface area contributed by atoms with Crippen LogP contribution in [0.2, 0.25) is 0 Å². The Morgan fingerprint density at radius 1 is 1.24 bits per heavy atom. The summed E-state index contributed by atoms with van der Waals surface area (Å²) in [4.78, 5) is 31.1. The number of likely N-dealkylation sites (tertiary alicyclic amines) is 1. The Balaban J connectivity index is 0.00000576. The van der Waals surface area contributed by atoms with Crippen molar-refractivity contribution in [1.82, 2.24) is 20.4 Å². The fourth-order valence-electron chi connectivity index (χ4n) is 2.42. The Morgan fingerprint density at radius 2 is 1.88 bits per heavy atom. The summed E-state index contributed by atoms with van der Waals surface area (Å²) in [7, 11) is 3.49. The fraction of sp³-hybridized carbons (Fsp3) is 0.812. The van der Waals surface area contributed by atoms with E-state index < -0.39 is 0 Å². The first kappa shape index (κ1) is 23.7. The predicted octanol–water partition coefficient (Wildman–Crippen LogP) is 1.26. The number of nitrogens with zero attached hydrogens (tertiary/aromatic N) is 3. The molecule has 0 saturated carbocycles. The third-order valence-corrected chi connectivity index (χ3v) is 3.80. The average molecular weight is 469 g/mol. The van der Waals surface area contributed by atoms with Gasteiger partial charge in [-0.2, -0.15) is 0 Å². The second-order valence-electron chi connectivity index (χ2n) is 5.90. The molecule has 1 aliphatic heterocycles. The molecule has 1 rings (SSSR count). The molecule has 146 valence electrons. The quantitative estimate of drug-likeness (QED) is 0.348. The zero-order valence-corrected chi connectivity index (χ0v) is 18.0. The number of hydrogen-bond donors (Lipinski definition) is 2. The van der Waals surface area contributed by atoms with Crippen LogP contribution in [0.3, 0.4) is 0 Å². The minimum Gasteiger partial charge on any atom is -0.450 e. The van der Waals surface area contributed by atoms with Gasteiger partial charge in [-0.05, 0) is 26.7 Å². The largest absolute Gasteiger partial charge is 0.450 e. The fourth-order valence-corrected chi connectivity index (χ4v) is 2.42. The van der Waals surface area contributed by atoms with Gasteiger partial charge < -0.3 is 25.2 Å². The van der Waals surface area contributed by atoms with E-state index in [9.17, 15) is 9.59 Å². The van der Waals surface area contributed by atoms with Crippen LogP contribution in [0.15, 0.2) is 4.99 Å². The molecular weight excluding hydrogens is 437 g/mol.